The van der Waals surface area contributed by atoms with E-state index in [9.17, 15) is 0 Å². The number of hydrogen-bond donors (Lipinski definition) is 2. The van der Waals surface area contributed by atoms with Crippen molar-refractivity contribution in [3.63, 3.8) is 0 Å². The zero-order valence-corrected chi connectivity index (χ0v) is 9.04. The molecule has 14 heavy (non-hydrogen) atoms. The standard InChI is InChI=1S/C9H8ClN3S/c1-6-7(10)3-2-4-8(6)13-9(14)12-5-11/h2-4H,1H3,(H2,12,13,14). The molecule has 0 spiro atoms. The molecular weight excluding hydrogens is 218 g/mol. The van der Waals surface area contributed by atoms with Gasteiger partial charge in [0.05, 0.1) is 0 Å². The summed E-state index contributed by atoms with van der Waals surface area (Å²) >= 11 is 10.8. The minimum atomic E-state index is 0.262. The molecule has 0 bridgehead atoms. The number of nitrogens with zero attached hydrogens (tertiary/aromatic N) is 1. The smallest absolute Gasteiger partial charge is 0.184 e. The maximum absolute atomic E-state index is 8.32. The minimum absolute atomic E-state index is 0.262. The normalized spacial score (nSPS) is 8.93. The van der Waals surface area contributed by atoms with Crippen molar-refractivity contribution in [2.75, 3.05) is 5.32 Å². The van der Waals surface area contributed by atoms with Crippen molar-refractivity contribution in [3.05, 3.63) is 28.8 Å². The van der Waals surface area contributed by atoms with Crippen LogP contribution in [0, 0.1) is 18.4 Å². The molecule has 0 unspecified atom stereocenters. The van der Waals surface area contributed by atoms with Crippen molar-refractivity contribution < 1.29 is 0 Å². The fourth-order valence-corrected chi connectivity index (χ4v) is 1.28. The number of halogens is 1. The highest BCUT2D eigenvalue weighted by Gasteiger charge is 2.02. The van der Waals surface area contributed by atoms with E-state index in [0.717, 1.165) is 11.3 Å². The van der Waals surface area contributed by atoms with E-state index in [1.54, 1.807) is 12.3 Å². The van der Waals surface area contributed by atoms with Crippen LogP contribution in [-0.4, -0.2) is 5.11 Å². The Morgan fingerprint density at radius 3 is 2.93 bits per heavy atom. The van der Waals surface area contributed by atoms with E-state index in [2.05, 4.69) is 10.6 Å². The largest absolute Gasteiger partial charge is 0.332 e. The Bertz CT molecular complexity index is 398. The van der Waals surface area contributed by atoms with Gasteiger partial charge >= 0.3 is 0 Å². The molecule has 0 radical (unpaired) electrons. The number of nitrogens with one attached hydrogen (secondary N) is 2. The van der Waals surface area contributed by atoms with Crippen LogP contribution in [0.25, 0.3) is 0 Å². The van der Waals surface area contributed by atoms with Crippen molar-refractivity contribution in [2.45, 2.75) is 6.92 Å². The van der Waals surface area contributed by atoms with E-state index in [1.807, 2.05) is 19.1 Å². The van der Waals surface area contributed by atoms with E-state index in [4.69, 9.17) is 29.1 Å². The van der Waals surface area contributed by atoms with Crippen LogP contribution in [0.5, 0.6) is 0 Å². The lowest BCUT2D eigenvalue weighted by Crippen LogP contribution is -2.24. The summed E-state index contributed by atoms with van der Waals surface area (Å²) in [7, 11) is 0. The van der Waals surface area contributed by atoms with Crippen molar-refractivity contribution in [1.29, 1.82) is 5.26 Å². The van der Waals surface area contributed by atoms with E-state index in [0.29, 0.717) is 5.02 Å². The number of hydrogen-bond acceptors (Lipinski definition) is 2. The van der Waals surface area contributed by atoms with Crippen LogP contribution in [0.15, 0.2) is 18.2 Å². The fourth-order valence-electron chi connectivity index (χ4n) is 0.947. The lowest BCUT2D eigenvalue weighted by Gasteiger charge is -2.09. The summed E-state index contributed by atoms with van der Waals surface area (Å²) in [6, 6.07) is 5.45. The first-order chi connectivity index (χ1) is 6.65. The molecule has 1 aromatic rings. The first-order valence-corrected chi connectivity index (χ1v) is 4.65. The van der Waals surface area contributed by atoms with Gasteiger partial charge in [0, 0.05) is 10.7 Å². The highest BCUT2D eigenvalue weighted by molar-refractivity contribution is 7.80. The summed E-state index contributed by atoms with van der Waals surface area (Å²) in [6.07, 6.45) is 1.74. The Balaban J connectivity index is 2.83. The first-order valence-electron chi connectivity index (χ1n) is 3.86. The van der Waals surface area contributed by atoms with Crippen LogP contribution in [0.2, 0.25) is 5.02 Å². The molecule has 0 aliphatic heterocycles. The maximum Gasteiger partial charge on any atom is 0.184 e. The third-order valence-electron chi connectivity index (χ3n) is 1.69. The van der Waals surface area contributed by atoms with Crippen LogP contribution >= 0.6 is 23.8 Å². The van der Waals surface area contributed by atoms with Crippen molar-refractivity contribution >= 4 is 34.6 Å². The van der Waals surface area contributed by atoms with Crippen LogP contribution in [0.3, 0.4) is 0 Å². The molecule has 72 valence electrons. The Morgan fingerprint density at radius 1 is 1.57 bits per heavy atom. The molecule has 0 aromatic heterocycles. The first kappa shape index (κ1) is 10.8. The molecule has 0 heterocycles. The van der Waals surface area contributed by atoms with Crippen molar-refractivity contribution in [3.8, 4) is 6.19 Å². The highest BCUT2D eigenvalue weighted by Crippen LogP contribution is 2.22. The summed E-state index contributed by atoms with van der Waals surface area (Å²) < 4.78 is 0. The van der Waals surface area contributed by atoms with Gasteiger partial charge in [-0.1, -0.05) is 17.7 Å². The SMILES string of the molecule is Cc1c(Cl)cccc1NC(=S)NC#N. The van der Waals surface area contributed by atoms with E-state index in [1.165, 1.54) is 0 Å². The third kappa shape index (κ3) is 2.59. The summed E-state index contributed by atoms with van der Waals surface area (Å²) in [6.45, 7) is 1.87. The molecule has 0 saturated carbocycles. The van der Waals surface area contributed by atoms with E-state index in [-0.39, 0.29) is 5.11 Å². The number of nitriles is 1. The molecule has 3 nitrogen and oxygen atoms in total. The zero-order valence-electron chi connectivity index (χ0n) is 7.47. The van der Waals surface area contributed by atoms with E-state index >= 15 is 0 Å². The molecule has 0 saturated heterocycles. The Morgan fingerprint density at radius 2 is 2.29 bits per heavy atom. The highest BCUT2D eigenvalue weighted by atomic mass is 35.5. The van der Waals surface area contributed by atoms with Gasteiger partial charge in [-0.05, 0) is 36.8 Å². The van der Waals surface area contributed by atoms with Crippen LogP contribution in [-0.2, 0) is 0 Å². The maximum atomic E-state index is 8.32. The van der Waals surface area contributed by atoms with Gasteiger partial charge in [0.15, 0.2) is 11.3 Å². The topological polar surface area (TPSA) is 47.8 Å². The second-order valence-corrected chi connectivity index (χ2v) is 3.42. The number of thiocarbonyl (C=S) groups is 1. The zero-order chi connectivity index (χ0) is 10.6. The molecule has 5 heteroatoms. The van der Waals surface area contributed by atoms with E-state index < -0.39 is 0 Å². The van der Waals surface area contributed by atoms with Gasteiger partial charge in [0.25, 0.3) is 0 Å². The molecule has 1 rings (SSSR count). The predicted octanol–water partition coefficient (Wildman–Crippen LogP) is 2.42. The summed E-state index contributed by atoms with van der Waals surface area (Å²) in [4.78, 5) is 0. The summed E-state index contributed by atoms with van der Waals surface area (Å²) in [5.74, 6) is 0. The average Bonchev–Trinajstić information content (AvgIpc) is 2.13. The van der Waals surface area contributed by atoms with Gasteiger partial charge in [-0.3, -0.25) is 5.32 Å². The van der Waals surface area contributed by atoms with Crippen LogP contribution < -0.4 is 10.6 Å². The van der Waals surface area contributed by atoms with Gasteiger partial charge in [0.2, 0.25) is 0 Å². The van der Waals surface area contributed by atoms with Gasteiger partial charge in [-0.15, -0.1) is 0 Å². The lowest BCUT2D eigenvalue weighted by molar-refractivity contribution is 1.28. The molecule has 0 atom stereocenters. The monoisotopic (exact) mass is 225 g/mol. The van der Waals surface area contributed by atoms with Crippen LogP contribution in [0.1, 0.15) is 5.56 Å². The third-order valence-corrected chi connectivity index (χ3v) is 2.30. The number of rotatable bonds is 1. The summed E-state index contributed by atoms with van der Waals surface area (Å²) in [5, 5.41) is 14.4. The molecule has 0 aliphatic carbocycles. The quantitative estimate of drug-likeness (QED) is 0.438. The molecule has 1 aromatic carbocycles. The number of anilines is 1. The number of benzene rings is 1. The minimum Gasteiger partial charge on any atom is -0.332 e. The summed E-state index contributed by atoms with van der Waals surface area (Å²) in [5.41, 5.74) is 1.70. The van der Waals surface area contributed by atoms with Crippen molar-refractivity contribution in [1.82, 2.24) is 5.32 Å². The molecular formula is C9H8ClN3S. The Kier molecular flexibility index (Phi) is 3.69. The van der Waals surface area contributed by atoms with Gasteiger partial charge < -0.3 is 5.32 Å². The Hall–Kier alpha value is -1.31. The Labute approximate surface area is 92.7 Å². The molecule has 0 amide bonds. The molecule has 0 aliphatic rings. The molecule has 2 N–H and O–H groups in total. The predicted molar refractivity (Wildman–Crippen MR) is 61.2 cm³/mol. The molecule has 0 fully saturated rings. The average molecular weight is 226 g/mol. The fraction of sp³-hybridized carbons (Fsp3) is 0.111. The van der Waals surface area contributed by atoms with Crippen LogP contribution in [0.4, 0.5) is 5.69 Å². The van der Waals surface area contributed by atoms with Crippen molar-refractivity contribution in [2.24, 2.45) is 0 Å². The lowest BCUT2D eigenvalue weighted by atomic mass is 10.2. The van der Waals surface area contributed by atoms with Gasteiger partial charge in [-0.25, -0.2) is 0 Å². The van der Waals surface area contributed by atoms with Gasteiger partial charge in [-0.2, -0.15) is 5.26 Å². The second kappa shape index (κ2) is 4.80. The van der Waals surface area contributed by atoms with Gasteiger partial charge in [0.1, 0.15) is 0 Å². The second-order valence-electron chi connectivity index (χ2n) is 2.60.